The predicted octanol–water partition coefficient (Wildman–Crippen LogP) is 3.84. The number of nitrogens with one attached hydrogen (secondary N) is 1. The molecule has 1 aliphatic carbocycles. The highest BCUT2D eigenvalue weighted by Crippen LogP contribution is 2.36. The number of allylic oxidation sites excluding steroid dienone is 2. The van der Waals surface area contributed by atoms with Gasteiger partial charge < -0.3 is 9.47 Å². The highest BCUT2D eigenvalue weighted by atomic mass is 16.2. The Labute approximate surface area is 158 Å². The monoisotopic (exact) mass is 360 g/mol. The van der Waals surface area contributed by atoms with Crippen LogP contribution in [0, 0.1) is 11.8 Å². The average Bonchev–Trinajstić information content (AvgIpc) is 3.40. The van der Waals surface area contributed by atoms with Crippen molar-refractivity contribution in [2.24, 2.45) is 11.8 Å². The van der Waals surface area contributed by atoms with Crippen LogP contribution in [0.5, 0.6) is 0 Å². The topological polar surface area (TPSA) is 53.9 Å². The number of rotatable bonds is 3. The molecule has 1 saturated heterocycles. The number of fused-ring (bicyclic) bond motifs is 2. The van der Waals surface area contributed by atoms with Crippen molar-refractivity contribution in [2.75, 3.05) is 13.1 Å². The molecule has 3 aromatic rings. The van der Waals surface area contributed by atoms with Crippen LogP contribution >= 0.6 is 0 Å². The Hall–Kier alpha value is -2.82. The van der Waals surface area contributed by atoms with E-state index in [1.165, 1.54) is 16.5 Å². The number of carbonyl (C=O) groups excluding carboxylic acids is 1. The first kappa shape index (κ1) is 16.4. The van der Waals surface area contributed by atoms with Crippen LogP contribution in [0.1, 0.15) is 35.9 Å². The first-order valence-corrected chi connectivity index (χ1v) is 9.70. The number of aromatic amines is 1. The van der Waals surface area contributed by atoms with E-state index in [0.29, 0.717) is 24.1 Å². The number of hydrogen-bond acceptors (Lipinski definition) is 2. The molecule has 2 aliphatic rings. The van der Waals surface area contributed by atoms with Gasteiger partial charge in [0.05, 0.1) is 12.2 Å². The van der Waals surface area contributed by atoms with Gasteiger partial charge in [0.2, 0.25) is 0 Å². The summed E-state index contributed by atoms with van der Waals surface area (Å²) in [5, 5.41) is 8.58. The number of amides is 1. The van der Waals surface area contributed by atoms with E-state index in [1.54, 1.807) is 0 Å². The van der Waals surface area contributed by atoms with Crippen LogP contribution in [0.2, 0.25) is 0 Å². The van der Waals surface area contributed by atoms with E-state index < -0.39 is 0 Å². The molecular weight excluding hydrogens is 336 g/mol. The third-order valence-corrected chi connectivity index (χ3v) is 6.09. The molecule has 0 saturated carbocycles. The SMILES string of the molecule is CC1=CC[C@H]2CN(C(=O)c3cc(Cn4ccc5ccccc54)[nH]n3)C[C@H]2C1. The highest BCUT2D eigenvalue weighted by molar-refractivity contribution is 5.92. The molecule has 5 heteroatoms. The van der Waals surface area contributed by atoms with Crippen molar-refractivity contribution in [3.63, 3.8) is 0 Å². The molecule has 0 unspecified atom stereocenters. The standard InChI is InChI=1S/C22H24N4O/c1-15-6-7-17-12-26(13-18(17)10-15)22(27)20-11-19(23-24-20)14-25-9-8-16-4-2-3-5-21(16)25/h2-6,8-9,11,17-18H,7,10,12-14H2,1H3,(H,23,24)/t17-,18+/m0/s1. The van der Waals surface area contributed by atoms with Crippen LogP contribution in [0.3, 0.4) is 0 Å². The normalized spacial score (nSPS) is 22.1. The minimum atomic E-state index is 0.0573. The Morgan fingerprint density at radius 1 is 1.22 bits per heavy atom. The zero-order valence-corrected chi connectivity index (χ0v) is 15.6. The van der Waals surface area contributed by atoms with E-state index >= 15 is 0 Å². The Bertz CT molecular complexity index is 1030. The van der Waals surface area contributed by atoms with E-state index in [0.717, 1.165) is 31.6 Å². The molecule has 5 rings (SSSR count). The summed E-state index contributed by atoms with van der Waals surface area (Å²) >= 11 is 0. The fourth-order valence-electron chi connectivity index (χ4n) is 4.63. The fourth-order valence-corrected chi connectivity index (χ4v) is 4.63. The first-order chi connectivity index (χ1) is 13.2. The molecule has 0 spiro atoms. The summed E-state index contributed by atoms with van der Waals surface area (Å²) in [7, 11) is 0. The molecule has 1 N–H and O–H groups in total. The van der Waals surface area contributed by atoms with Gasteiger partial charge in [0.15, 0.2) is 0 Å². The van der Waals surface area contributed by atoms with Crippen molar-refractivity contribution in [3.05, 3.63) is 65.6 Å². The summed E-state index contributed by atoms with van der Waals surface area (Å²) in [6, 6.07) is 12.3. The Morgan fingerprint density at radius 2 is 2.07 bits per heavy atom. The van der Waals surface area contributed by atoms with E-state index in [2.05, 4.69) is 52.2 Å². The molecule has 2 atom stereocenters. The lowest BCUT2D eigenvalue weighted by Crippen LogP contribution is -2.29. The minimum Gasteiger partial charge on any atom is -0.341 e. The number of para-hydroxylation sites is 1. The Kier molecular flexibility index (Phi) is 3.88. The third-order valence-electron chi connectivity index (χ3n) is 6.09. The van der Waals surface area contributed by atoms with Crippen LogP contribution in [-0.2, 0) is 6.54 Å². The van der Waals surface area contributed by atoms with E-state index in [9.17, 15) is 4.79 Å². The lowest BCUT2D eigenvalue weighted by atomic mass is 9.83. The third kappa shape index (κ3) is 2.97. The second-order valence-corrected chi connectivity index (χ2v) is 8.00. The summed E-state index contributed by atoms with van der Waals surface area (Å²) in [5.41, 5.74) is 4.14. The molecule has 3 heterocycles. The highest BCUT2D eigenvalue weighted by Gasteiger charge is 2.37. The number of H-pyrrole nitrogens is 1. The van der Waals surface area contributed by atoms with E-state index in [1.807, 2.05) is 23.1 Å². The lowest BCUT2D eigenvalue weighted by Gasteiger charge is -2.21. The van der Waals surface area contributed by atoms with Crippen LogP contribution < -0.4 is 0 Å². The quantitative estimate of drug-likeness (QED) is 0.722. The summed E-state index contributed by atoms with van der Waals surface area (Å²) in [4.78, 5) is 14.9. The van der Waals surface area contributed by atoms with Crippen molar-refractivity contribution in [3.8, 4) is 0 Å². The van der Waals surface area contributed by atoms with Crippen molar-refractivity contribution in [2.45, 2.75) is 26.3 Å². The zero-order valence-electron chi connectivity index (χ0n) is 15.6. The zero-order chi connectivity index (χ0) is 18.4. The van der Waals surface area contributed by atoms with Crippen LogP contribution in [0.4, 0.5) is 0 Å². The Balaban J connectivity index is 1.30. The number of hydrogen-bond donors (Lipinski definition) is 1. The van der Waals surface area contributed by atoms with Crippen molar-refractivity contribution < 1.29 is 4.79 Å². The van der Waals surface area contributed by atoms with Gasteiger partial charge in [0, 0.05) is 24.8 Å². The number of likely N-dealkylation sites (tertiary alicyclic amines) is 1. The van der Waals surface area contributed by atoms with Gasteiger partial charge in [-0.25, -0.2) is 0 Å². The number of carbonyl (C=O) groups is 1. The smallest absolute Gasteiger partial charge is 0.274 e. The molecule has 1 aliphatic heterocycles. The summed E-state index contributed by atoms with van der Waals surface area (Å²) < 4.78 is 2.18. The summed E-state index contributed by atoms with van der Waals surface area (Å²) in [5.74, 6) is 1.29. The first-order valence-electron chi connectivity index (χ1n) is 9.70. The molecule has 5 nitrogen and oxygen atoms in total. The maximum Gasteiger partial charge on any atom is 0.274 e. The van der Waals surface area contributed by atoms with E-state index in [4.69, 9.17) is 0 Å². The average molecular weight is 360 g/mol. The maximum absolute atomic E-state index is 12.9. The molecule has 0 radical (unpaired) electrons. The van der Waals surface area contributed by atoms with Gasteiger partial charge in [-0.3, -0.25) is 9.89 Å². The predicted molar refractivity (Wildman–Crippen MR) is 106 cm³/mol. The van der Waals surface area contributed by atoms with Gasteiger partial charge in [-0.05, 0) is 55.2 Å². The van der Waals surface area contributed by atoms with Gasteiger partial charge >= 0.3 is 0 Å². The van der Waals surface area contributed by atoms with Crippen LogP contribution in [-0.4, -0.2) is 38.7 Å². The second kappa shape index (κ2) is 6.41. The second-order valence-electron chi connectivity index (χ2n) is 8.00. The summed E-state index contributed by atoms with van der Waals surface area (Å²) in [6.45, 7) is 4.60. The molecule has 1 aromatic carbocycles. The van der Waals surface area contributed by atoms with E-state index in [-0.39, 0.29) is 5.91 Å². The summed E-state index contributed by atoms with van der Waals surface area (Å²) in [6.07, 6.45) is 6.64. The van der Waals surface area contributed by atoms with Crippen molar-refractivity contribution >= 4 is 16.8 Å². The minimum absolute atomic E-state index is 0.0573. The van der Waals surface area contributed by atoms with Gasteiger partial charge in [-0.1, -0.05) is 29.8 Å². The lowest BCUT2D eigenvalue weighted by molar-refractivity contribution is 0.0778. The fraction of sp³-hybridized carbons (Fsp3) is 0.364. The van der Waals surface area contributed by atoms with Crippen molar-refractivity contribution in [1.82, 2.24) is 19.7 Å². The van der Waals surface area contributed by atoms with Crippen LogP contribution in [0.15, 0.2) is 54.2 Å². The molecule has 0 bridgehead atoms. The van der Waals surface area contributed by atoms with Crippen molar-refractivity contribution in [1.29, 1.82) is 0 Å². The van der Waals surface area contributed by atoms with Gasteiger partial charge in [-0.15, -0.1) is 0 Å². The largest absolute Gasteiger partial charge is 0.341 e. The van der Waals surface area contributed by atoms with Crippen LogP contribution in [0.25, 0.3) is 10.9 Å². The van der Waals surface area contributed by atoms with Gasteiger partial charge in [0.25, 0.3) is 5.91 Å². The molecular formula is C22H24N4O. The Morgan fingerprint density at radius 3 is 3.00 bits per heavy atom. The van der Waals surface area contributed by atoms with Gasteiger partial charge in [-0.2, -0.15) is 5.10 Å². The number of benzene rings is 1. The number of aromatic nitrogens is 3. The molecule has 138 valence electrons. The number of nitrogens with zero attached hydrogens (tertiary/aromatic N) is 3. The molecule has 27 heavy (non-hydrogen) atoms. The maximum atomic E-state index is 12.9. The van der Waals surface area contributed by atoms with Gasteiger partial charge in [0.1, 0.15) is 5.69 Å². The molecule has 1 fully saturated rings. The molecule has 1 amide bonds. The molecule has 2 aromatic heterocycles.